The van der Waals surface area contributed by atoms with Gasteiger partial charge in [-0.15, -0.1) is 0 Å². The third-order valence-electron chi connectivity index (χ3n) is 4.89. The molecule has 0 aliphatic carbocycles. The van der Waals surface area contributed by atoms with Gasteiger partial charge in [0.25, 0.3) is 5.89 Å². The first-order valence-electron chi connectivity index (χ1n) is 8.99. The molecule has 2 aliphatic heterocycles. The predicted molar refractivity (Wildman–Crippen MR) is 103 cm³/mol. The molecule has 1 amide bonds. The van der Waals surface area contributed by atoms with E-state index in [1.807, 2.05) is 39.9 Å². The van der Waals surface area contributed by atoms with Crippen molar-refractivity contribution >= 4 is 23.3 Å². The Labute approximate surface area is 165 Å². The van der Waals surface area contributed by atoms with Crippen LogP contribution in [0.15, 0.2) is 45.6 Å². The van der Waals surface area contributed by atoms with Crippen molar-refractivity contribution in [1.29, 1.82) is 0 Å². The van der Waals surface area contributed by atoms with Crippen LogP contribution in [-0.4, -0.2) is 40.8 Å². The molecule has 0 unspecified atom stereocenters. The van der Waals surface area contributed by atoms with Crippen LogP contribution in [0.5, 0.6) is 11.5 Å². The first-order chi connectivity index (χ1) is 13.8. The number of hydrogen-bond acceptors (Lipinski definition) is 7. The lowest BCUT2D eigenvalue weighted by Crippen LogP contribution is -2.26. The second-order valence-electron chi connectivity index (χ2n) is 6.69. The Morgan fingerprint density at radius 3 is 3.07 bits per heavy atom. The average Bonchev–Trinajstić information content (AvgIpc) is 3.50. The minimum atomic E-state index is -0.0262. The number of carbonyl (C=O) groups excluding carboxylic acids is 1. The fourth-order valence-corrected chi connectivity index (χ4v) is 3.99. The molecule has 2 aliphatic rings. The summed E-state index contributed by atoms with van der Waals surface area (Å²) in [5, 5.41) is 8.06. The Bertz CT molecular complexity index is 1030. The fourth-order valence-electron chi connectivity index (χ4n) is 3.37. The molecule has 1 aromatic carbocycles. The van der Waals surface area contributed by atoms with E-state index in [1.165, 1.54) is 0 Å². The van der Waals surface area contributed by atoms with Crippen molar-refractivity contribution in [3.63, 3.8) is 0 Å². The summed E-state index contributed by atoms with van der Waals surface area (Å²) in [7, 11) is 0. The molecule has 0 bridgehead atoms. The van der Waals surface area contributed by atoms with E-state index >= 15 is 0 Å². The van der Waals surface area contributed by atoms with Gasteiger partial charge in [-0.05, 0) is 41.6 Å². The van der Waals surface area contributed by atoms with Crippen molar-refractivity contribution in [3.05, 3.63) is 52.5 Å². The van der Waals surface area contributed by atoms with Crippen LogP contribution in [0.3, 0.4) is 0 Å². The Balaban J connectivity index is 1.23. The van der Waals surface area contributed by atoms with Gasteiger partial charge in [0.2, 0.25) is 12.7 Å². The summed E-state index contributed by atoms with van der Waals surface area (Å²) >= 11 is 1.59. The number of benzene rings is 1. The minimum Gasteiger partial charge on any atom is -0.454 e. The van der Waals surface area contributed by atoms with Gasteiger partial charge in [-0.25, -0.2) is 0 Å². The van der Waals surface area contributed by atoms with E-state index in [4.69, 9.17) is 14.0 Å². The average molecular weight is 395 g/mol. The van der Waals surface area contributed by atoms with Crippen molar-refractivity contribution in [2.45, 2.75) is 12.3 Å². The standard InChI is InChI=1S/C20H17N3O4S/c24-18(4-2-13-1-3-16-17(9-13)26-12-25-16)23-7-5-14(10-23)19-21-20(27-22-19)15-6-8-28-11-15/h1-4,6,8-9,11,14H,5,7,10,12H2/b4-2-/t14-/m0/s1. The van der Waals surface area contributed by atoms with Gasteiger partial charge in [0.05, 0.1) is 5.56 Å². The highest BCUT2D eigenvalue weighted by atomic mass is 32.1. The predicted octanol–water partition coefficient (Wildman–Crippen LogP) is 3.56. The Kier molecular flexibility index (Phi) is 4.32. The normalized spacial score (nSPS) is 18.3. The van der Waals surface area contributed by atoms with Gasteiger partial charge < -0.3 is 18.9 Å². The third kappa shape index (κ3) is 3.27. The lowest BCUT2D eigenvalue weighted by atomic mass is 10.1. The summed E-state index contributed by atoms with van der Waals surface area (Å²) in [4.78, 5) is 18.9. The van der Waals surface area contributed by atoms with Gasteiger partial charge in [-0.3, -0.25) is 4.79 Å². The Hall–Kier alpha value is -3.13. The molecular weight excluding hydrogens is 378 g/mol. The van der Waals surface area contributed by atoms with Crippen LogP contribution in [-0.2, 0) is 4.79 Å². The number of amides is 1. The van der Waals surface area contributed by atoms with E-state index in [-0.39, 0.29) is 18.6 Å². The van der Waals surface area contributed by atoms with E-state index in [2.05, 4.69) is 10.1 Å². The van der Waals surface area contributed by atoms with Gasteiger partial charge in [0.1, 0.15) is 0 Å². The zero-order valence-electron chi connectivity index (χ0n) is 14.9. The van der Waals surface area contributed by atoms with Crippen LogP contribution >= 0.6 is 11.3 Å². The molecule has 1 fully saturated rings. The van der Waals surface area contributed by atoms with E-state index in [9.17, 15) is 4.79 Å². The molecule has 7 nitrogen and oxygen atoms in total. The summed E-state index contributed by atoms with van der Waals surface area (Å²) < 4.78 is 16.0. The number of thiophene rings is 1. The molecule has 0 radical (unpaired) electrons. The quantitative estimate of drug-likeness (QED) is 0.629. The van der Waals surface area contributed by atoms with Crippen molar-refractivity contribution in [2.75, 3.05) is 19.9 Å². The molecule has 0 saturated carbocycles. The third-order valence-corrected chi connectivity index (χ3v) is 5.57. The lowest BCUT2D eigenvalue weighted by molar-refractivity contribution is -0.124. The summed E-state index contributed by atoms with van der Waals surface area (Å²) in [6.45, 7) is 1.50. The molecular formula is C20H17N3O4S. The van der Waals surface area contributed by atoms with Gasteiger partial charge >= 0.3 is 0 Å². The molecule has 4 heterocycles. The molecule has 1 atom stereocenters. The van der Waals surface area contributed by atoms with Crippen LogP contribution in [0.1, 0.15) is 23.7 Å². The summed E-state index contributed by atoms with van der Waals surface area (Å²) in [6, 6.07) is 7.56. The lowest BCUT2D eigenvalue weighted by Gasteiger charge is -2.13. The van der Waals surface area contributed by atoms with Crippen LogP contribution in [0.4, 0.5) is 0 Å². The zero-order valence-corrected chi connectivity index (χ0v) is 15.7. The maximum Gasteiger partial charge on any atom is 0.258 e. The number of ether oxygens (including phenoxy) is 2. The van der Waals surface area contributed by atoms with E-state index in [0.29, 0.717) is 30.6 Å². The van der Waals surface area contributed by atoms with Gasteiger partial charge in [-0.2, -0.15) is 16.3 Å². The molecule has 8 heteroatoms. The largest absolute Gasteiger partial charge is 0.454 e. The monoisotopic (exact) mass is 395 g/mol. The number of nitrogens with zero attached hydrogens (tertiary/aromatic N) is 3. The van der Waals surface area contributed by atoms with E-state index < -0.39 is 0 Å². The van der Waals surface area contributed by atoms with E-state index in [1.54, 1.807) is 23.5 Å². The number of fused-ring (bicyclic) bond motifs is 1. The number of hydrogen-bond donors (Lipinski definition) is 0. The molecule has 28 heavy (non-hydrogen) atoms. The van der Waals surface area contributed by atoms with Gasteiger partial charge in [0, 0.05) is 30.5 Å². The molecule has 0 N–H and O–H groups in total. The number of carbonyl (C=O) groups is 1. The number of aromatic nitrogens is 2. The maximum atomic E-state index is 12.5. The fraction of sp³-hybridized carbons (Fsp3) is 0.250. The first kappa shape index (κ1) is 17.0. The minimum absolute atomic E-state index is 0.0262. The highest BCUT2D eigenvalue weighted by Crippen LogP contribution is 2.33. The van der Waals surface area contributed by atoms with Crippen LogP contribution in [0.2, 0.25) is 0 Å². The van der Waals surface area contributed by atoms with Gasteiger partial charge in [0.15, 0.2) is 17.3 Å². The highest BCUT2D eigenvalue weighted by molar-refractivity contribution is 7.08. The molecule has 142 valence electrons. The van der Waals surface area contributed by atoms with Crippen molar-refractivity contribution in [3.8, 4) is 23.0 Å². The molecule has 2 aromatic heterocycles. The van der Waals surface area contributed by atoms with Crippen molar-refractivity contribution in [2.24, 2.45) is 0 Å². The zero-order chi connectivity index (χ0) is 18.9. The van der Waals surface area contributed by atoms with Crippen LogP contribution in [0, 0.1) is 0 Å². The summed E-state index contributed by atoms with van der Waals surface area (Å²) in [6.07, 6.45) is 4.21. The van der Waals surface area contributed by atoms with Crippen molar-refractivity contribution in [1.82, 2.24) is 15.0 Å². The molecule has 3 aromatic rings. The second-order valence-corrected chi connectivity index (χ2v) is 7.47. The highest BCUT2D eigenvalue weighted by Gasteiger charge is 2.30. The van der Waals surface area contributed by atoms with Gasteiger partial charge in [-0.1, -0.05) is 11.2 Å². The van der Waals surface area contributed by atoms with Crippen LogP contribution in [0.25, 0.3) is 17.5 Å². The van der Waals surface area contributed by atoms with Crippen molar-refractivity contribution < 1.29 is 18.8 Å². The maximum absolute atomic E-state index is 12.5. The first-order valence-corrected chi connectivity index (χ1v) is 9.93. The smallest absolute Gasteiger partial charge is 0.258 e. The summed E-state index contributed by atoms with van der Waals surface area (Å²) in [5.41, 5.74) is 1.83. The summed E-state index contributed by atoms with van der Waals surface area (Å²) in [5.74, 6) is 2.70. The van der Waals surface area contributed by atoms with E-state index in [0.717, 1.165) is 23.3 Å². The Morgan fingerprint density at radius 2 is 2.18 bits per heavy atom. The van der Waals surface area contributed by atoms with Crippen LogP contribution < -0.4 is 9.47 Å². The Morgan fingerprint density at radius 1 is 1.25 bits per heavy atom. The second kappa shape index (κ2) is 7.12. The number of likely N-dealkylation sites (tertiary alicyclic amines) is 1. The molecule has 1 saturated heterocycles. The molecule has 0 spiro atoms. The topological polar surface area (TPSA) is 77.7 Å². The number of rotatable bonds is 4. The molecule has 5 rings (SSSR count). The SMILES string of the molecule is O=C(/C=C\c1ccc2c(c1)OCO2)N1CC[C@H](c2noc(-c3ccsc3)n2)C1.